The third kappa shape index (κ3) is 4.77. The summed E-state index contributed by atoms with van der Waals surface area (Å²) in [4.78, 5) is 12.4. The SMILES string of the molecule is CCNC(C)(C)C(=O)NC1CC(C)(C)NC(C)(C)C1. The molecule has 1 rings (SSSR count). The van der Waals surface area contributed by atoms with E-state index < -0.39 is 5.54 Å². The molecule has 112 valence electrons. The number of piperidine rings is 1. The van der Waals surface area contributed by atoms with E-state index in [-0.39, 0.29) is 23.0 Å². The Kier molecular flexibility index (Phi) is 4.68. The number of likely N-dealkylation sites (N-methyl/N-ethyl adjacent to an activating group) is 1. The first-order valence-corrected chi connectivity index (χ1v) is 7.33. The molecule has 3 N–H and O–H groups in total. The maximum atomic E-state index is 12.4. The summed E-state index contributed by atoms with van der Waals surface area (Å²) in [6.07, 6.45) is 1.93. The fraction of sp³-hybridized carbons (Fsp3) is 0.933. The van der Waals surface area contributed by atoms with Crippen LogP contribution in [0.5, 0.6) is 0 Å². The minimum atomic E-state index is -0.506. The molecule has 1 fully saturated rings. The molecule has 0 aromatic carbocycles. The quantitative estimate of drug-likeness (QED) is 0.729. The van der Waals surface area contributed by atoms with Crippen molar-refractivity contribution in [3.8, 4) is 0 Å². The molecular weight excluding hydrogens is 238 g/mol. The lowest BCUT2D eigenvalue weighted by Gasteiger charge is -2.47. The largest absolute Gasteiger partial charge is 0.352 e. The Hall–Kier alpha value is -0.610. The Morgan fingerprint density at radius 3 is 2.11 bits per heavy atom. The minimum absolute atomic E-state index is 0.0576. The normalized spacial score (nSPS) is 23.1. The van der Waals surface area contributed by atoms with Crippen molar-refractivity contribution in [2.45, 2.75) is 84.0 Å². The van der Waals surface area contributed by atoms with E-state index in [1.54, 1.807) is 0 Å². The van der Waals surface area contributed by atoms with E-state index in [1.165, 1.54) is 0 Å². The second kappa shape index (κ2) is 5.41. The predicted octanol–water partition coefficient (Wildman–Crippen LogP) is 1.80. The van der Waals surface area contributed by atoms with Crippen molar-refractivity contribution in [3.63, 3.8) is 0 Å². The highest BCUT2D eigenvalue weighted by molar-refractivity contribution is 5.85. The topological polar surface area (TPSA) is 53.2 Å². The number of nitrogens with one attached hydrogen (secondary N) is 3. The lowest BCUT2D eigenvalue weighted by Crippen LogP contribution is -2.64. The summed E-state index contributed by atoms with van der Waals surface area (Å²) in [6, 6.07) is 0.233. The van der Waals surface area contributed by atoms with Gasteiger partial charge in [0.1, 0.15) is 0 Å². The van der Waals surface area contributed by atoms with Crippen molar-refractivity contribution < 1.29 is 4.79 Å². The molecule has 0 aliphatic carbocycles. The number of hydrogen-bond donors (Lipinski definition) is 3. The number of hydrogen-bond acceptors (Lipinski definition) is 3. The first kappa shape index (κ1) is 16.4. The van der Waals surface area contributed by atoms with Crippen molar-refractivity contribution in [2.24, 2.45) is 0 Å². The van der Waals surface area contributed by atoms with E-state index >= 15 is 0 Å². The molecule has 0 bridgehead atoms. The molecule has 0 unspecified atom stereocenters. The van der Waals surface area contributed by atoms with E-state index in [0.717, 1.165) is 19.4 Å². The molecule has 4 nitrogen and oxygen atoms in total. The highest BCUT2D eigenvalue weighted by Crippen LogP contribution is 2.28. The maximum absolute atomic E-state index is 12.4. The highest BCUT2D eigenvalue weighted by atomic mass is 16.2. The molecule has 0 atom stereocenters. The third-order valence-electron chi connectivity index (χ3n) is 3.71. The van der Waals surface area contributed by atoms with Gasteiger partial charge in [-0.2, -0.15) is 0 Å². The van der Waals surface area contributed by atoms with E-state index in [4.69, 9.17) is 0 Å². The molecular formula is C15H31N3O. The Labute approximate surface area is 118 Å². The van der Waals surface area contributed by atoms with E-state index in [9.17, 15) is 4.79 Å². The number of carbonyl (C=O) groups excluding carboxylic acids is 1. The summed E-state index contributed by atoms with van der Waals surface area (Å²) in [5.41, 5.74) is -0.391. The van der Waals surface area contributed by atoms with Gasteiger partial charge in [-0.25, -0.2) is 0 Å². The summed E-state index contributed by atoms with van der Waals surface area (Å²) < 4.78 is 0. The van der Waals surface area contributed by atoms with Gasteiger partial charge in [0.15, 0.2) is 0 Å². The second-order valence-electron chi connectivity index (χ2n) is 7.63. The van der Waals surface area contributed by atoms with Gasteiger partial charge >= 0.3 is 0 Å². The average molecular weight is 269 g/mol. The fourth-order valence-corrected chi connectivity index (χ4v) is 3.31. The Balaban J connectivity index is 2.69. The summed E-state index contributed by atoms with van der Waals surface area (Å²) >= 11 is 0. The van der Waals surface area contributed by atoms with Crippen LogP contribution >= 0.6 is 0 Å². The smallest absolute Gasteiger partial charge is 0.239 e. The Morgan fingerprint density at radius 2 is 1.68 bits per heavy atom. The van der Waals surface area contributed by atoms with E-state index in [2.05, 4.69) is 43.6 Å². The van der Waals surface area contributed by atoms with E-state index in [0.29, 0.717) is 0 Å². The molecule has 1 aliphatic heterocycles. The Bertz CT molecular complexity index is 318. The highest BCUT2D eigenvalue weighted by Gasteiger charge is 2.39. The first-order chi connectivity index (χ1) is 8.47. The van der Waals surface area contributed by atoms with Crippen molar-refractivity contribution in [2.75, 3.05) is 6.54 Å². The maximum Gasteiger partial charge on any atom is 0.239 e. The zero-order valence-electron chi connectivity index (χ0n) is 13.6. The van der Waals surface area contributed by atoms with Gasteiger partial charge in [-0.1, -0.05) is 6.92 Å². The molecule has 19 heavy (non-hydrogen) atoms. The monoisotopic (exact) mass is 269 g/mol. The van der Waals surface area contributed by atoms with Gasteiger partial charge in [-0.05, 0) is 60.9 Å². The third-order valence-corrected chi connectivity index (χ3v) is 3.71. The minimum Gasteiger partial charge on any atom is -0.352 e. The van der Waals surface area contributed by atoms with Crippen LogP contribution in [0.2, 0.25) is 0 Å². The second-order valence-corrected chi connectivity index (χ2v) is 7.63. The van der Waals surface area contributed by atoms with Gasteiger partial charge in [-0.3, -0.25) is 4.79 Å². The van der Waals surface area contributed by atoms with Crippen LogP contribution in [0, 0.1) is 0 Å². The lowest BCUT2D eigenvalue weighted by molar-refractivity contribution is -0.127. The number of carbonyl (C=O) groups is 1. The van der Waals surface area contributed by atoms with Gasteiger partial charge in [-0.15, -0.1) is 0 Å². The summed E-state index contributed by atoms with van der Waals surface area (Å²) in [6.45, 7) is 15.5. The van der Waals surface area contributed by atoms with Crippen LogP contribution in [0.25, 0.3) is 0 Å². The van der Waals surface area contributed by atoms with Crippen molar-refractivity contribution in [1.82, 2.24) is 16.0 Å². The van der Waals surface area contributed by atoms with Gasteiger partial charge in [0.2, 0.25) is 5.91 Å². The van der Waals surface area contributed by atoms with Gasteiger partial charge in [0.25, 0.3) is 0 Å². The van der Waals surface area contributed by atoms with Crippen LogP contribution in [-0.2, 0) is 4.79 Å². The van der Waals surface area contributed by atoms with Crippen molar-refractivity contribution in [1.29, 1.82) is 0 Å². The molecule has 1 amide bonds. The van der Waals surface area contributed by atoms with Crippen LogP contribution in [0.4, 0.5) is 0 Å². The summed E-state index contributed by atoms with van der Waals surface area (Å²) in [7, 11) is 0. The standard InChI is InChI=1S/C15H31N3O/c1-8-16-15(6,7)12(19)17-11-9-13(2,3)18-14(4,5)10-11/h11,16,18H,8-10H2,1-7H3,(H,17,19). The summed E-state index contributed by atoms with van der Waals surface area (Å²) in [5, 5.41) is 10.1. The zero-order valence-corrected chi connectivity index (χ0v) is 13.6. The Morgan fingerprint density at radius 1 is 1.21 bits per heavy atom. The zero-order chi connectivity index (χ0) is 14.9. The molecule has 0 saturated carbocycles. The molecule has 0 radical (unpaired) electrons. The van der Waals surface area contributed by atoms with Crippen LogP contribution in [-0.4, -0.2) is 35.1 Å². The number of rotatable bonds is 4. The molecule has 1 saturated heterocycles. The first-order valence-electron chi connectivity index (χ1n) is 7.33. The summed E-state index contributed by atoms with van der Waals surface area (Å²) in [5.74, 6) is 0.0906. The van der Waals surface area contributed by atoms with Crippen LogP contribution < -0.4 is 16.0 Å². The van der Waals surface area contributed by atoms with Gasteiger partial charge in [0, 0.05) is 17.1 Å². The van der Waals surface area contributed by atoms with E-state index in [1.807, 2.05) is 20.8 Å². The number of amides is 1. The van der Waals surface area contributed by atoms with Crippen LogP contribution in [0.15, 0.2) is 0 Å². The molecule has 0 aromatic heterocycles. The molecule has 0 spiro atoms. The fourth-order valence-electron chi connectivity index (χ4n) is 3.31. The van der Waals surface area contributed by atoms with Crippen LogP contribution in [0.3, 0.4) is 0 Å². The molecule has 1 heterocycles. The average Bonchev–Trinajstić information content (AvgIpc) is 2.11. The predicted molar refractivity (Wildman–Crippen MR) is 80.2 cm³/mol. The van der Waals surface area contributed by atoms with Gasteiger partial charge < -0.3 is 16.0 Å². The lowest BCUT2D eigenvalue weighted by atomic mass is 9.79. The van der Waals surface area contributed by atoms with Crippen molar-refractivity contribution >= 4 is 5.91 Å². The molecule has 1 aliphatic rings. The molecule has 4 heteroatoms. The molecule has 0 aromatic rings. The van der Waals surface area contributed by atoms with Gasteiger partial charge in [0.05, 0.1) is 5.54 Å². The van der Waals surface area contributed by atoms with Crippen molar-refractivity contribution in [3.05, 3.63) is 0 Å². The van der Waals surface area contributed by atoms with Crippen LogP contribution in [0.1, 0.15) is 61.3 Å².